The maximum absolute atomic E-state index is 12.6. The highest BCUT2D eigenvalue weighted by Gasteiger charge is 2.22. The standard InChI is InChI=1S/C22H44N2O2S2/c1-4-7-10-13-14-15-18-24(28-20-17-12-9-6-3)22(26)21(25)23-27-19-16-11-8-5-2/h4-20H2,1-3H3,(H,23,25). The van der Waals surface area contributed by atoms with E-state index in [-0.39, 0.29) is 5.91 Å². The van der Waals surface area contributed by atoms with Gasteiger partial charge in [-0.1, -0.05) is 103 Å². The Balaban J connectivity index is 4.23. The summed E-state index contributed by atoms with van der Waals surface area (Å²) in [6.07, 6.45) is 16.6. The Morgan fingerprint density at radius 1 is 0.679 bits per heavy atom. The molecule has 28 heavy (non-hydrogen) atoms. The molecule has 4 nitrogen and oxygen atoms in total. The van der Waals surface area contributed by atoms with Crippen LogP contribution in [0.1, 0.15) is 111 Å². The second-order valence-corrected chi connectivity index (χ2v) is 9.42. The van der Waals surface area contributed by atoms with E-state index >= 15 is 0 Å². The summed E-state index contributed by atoms with van der Waals surface area (Å²) >= 11 is 2.91. The second kappa shape index (κ2) is 21.4. The molecule has 0 aromatic rings. The number of hydrogen-bond donors (Lipinski definition) is 1. The smallest absolute Gasteiger partial charge is 0.292 e. The molecular formula is C22H44N2O2S2. The number of rotatable bonds is 19. The van der Waals surface area contributed by atoms with Crippen LogP contribution in [0.4, 0.5) is 0 Å². The van der Waals surface area contributed by atoms with Gasteiger partial charge in [0.25, 0.3) is 0 Å². The summed E-state index contributed by atoms with van der Waals surface area (Å²) in [5.41, 5.74) is 0. The van der Waals surface area contributed by atoms with Gasteiger partial charge >= 0.3 is 11.8 Å². The lowest BCUT2D eigenvalue weighted by Gasteiger charge is -2.20. The molecule has 0 unspecified atom stereocenters. The Hall–Kier alpha value is -0.360. The average Bonchev–Trinajstić information content (AvgIpc) is 2.70. The minimum absolute atomic E-state index is 0.380. The van der Waals surface area contributed by atoms with Crippen LogP contribution in [0.2, 0.25) is 0 Å². The van der Waals surface area contributed by atoms with Crippen molar-refractivity contribution >= 4 is 35.7 Å². The largest absolute Gasteiger partial charge is 0.322 e. The highest BCUT2D eigenvalue weighted by Crippen LogP contribution is 2.17. The Labute approximate surface area is 183 Å². The van der Waals surface area contributed by atoms with E-state index in [1.807, 2.05) is 0 Å². The summed E-state index contributed by atoms with van der Waals surface area (Å²) < 4.78 is 4.45. The van der Waals surface area contributed by atoms with Crippen LogP contribution < -0.4 is 4.72 Å². The van der Waals surface area contributed by atoms with Crippen LogP contribution >= 0.6 is 23.9 Å². The SMILES string of the molecule is CCCCCCCCN(SCCCCCC)C(=O)C(=O)NSCCCCCC. The van der Waals surface area contributed by atoms with Crippen molar-refractivity contribution in [3.8, 4) is 0 Å². The van der Waals surface area contributed by atoms with Crippen molar-refractivity contribution in [1.82, 2.24) is 9.03 Å². The maximum atomic E-state index is 12.6. The number of unbranched alkanes of at least 4 members (excludes halogenated alkanes) is 11. The van der Waals surface area contributed by atoms with E-state index in [9.17, 15) is 9.59 Å². The molecule has 0 bridgehead atoms. The molecule has 0 radical (unpaired) electrons. The predicted octanol–water partition coefficient (Wildman–Crippen LogP) is 6.75. The minimum Gasteiger partial charge on any atom is -0.292 e. The molecule has 0 fully saturated rings. The van der Waals surface area contributed by atoms with Crippen molar-refractivity contribution in [3.05, 3.63) is 0 Å². The van der Waals surface area contributed by atoms with Crippen LogP contribution in [-0.2, 0) is 9.59 Å². The van der Waals surface area contributed by atoms with Gasteiger partial charge in [-0.25, -0.2) is 0 Å². The van der Waals surface area contributed by atoms with Crippen molar-refractivity contribution < 1.29 is 9.59 Å². The van der Waals surface area contributed by atoms with Gasteiger partial charge in [-0.05, 0) is 31.2 Å². The van der Waals surface area contributed by atoms with Gasteiger partial charge in [0.1, 0.15) is 0 Å². The van der Waals surface area contributed by atoms with Crippen molar-refractivity contribution in [3.63, 3.8) is 0 Å². The van der Waals surface area contributed by atoms with E-state index in [2.05, 4.69) is 25.5 Å². The van der Waals surface area contributed by atoms with Crippen LogP contribution in [0.15, 0.2) is 0 Å². The van der Waals surface area contributed by atoms with E-state index in [1.165, 1.54) is 76.2 Å². The molecule has 0 rings (SSSR count). The molecule has 0 aliphatic carbocycles. The third kappa shape index (κ3) is 16.6. The monoisotopic (exact) mass is 432 g/mol. The zero-order valence-corrected chi connectivity index (χ0v) is 20.2. The normalized spacial score (nSPS) is 10.8. The van der Waals surface area contributed by atoms with Crippen molar-refractivity contribution in [2.75, 3.05) is 18.1 Å². The fraction of sp³-hybridized carbons (Fsp3) is 0.909. The molecule has 0 aliphatic heterocycles. The molecule has 0 spiro atoms. The minimum atomic E-state index is -0.465. The third-order valence-corrected chi connectivity index (χ3v) is 6.60. The predicted molar refractivity (Wildman–Crippen MR) is 126 cm³/mol. The number of hydrogen-bond acceptors (Lipinski definition) is 4. The first-order valence-corrected chi connectivity index (χ1v) is 13.5. The molecule has 6 heteroatoms. The van der Waals surface area contributed by atoms with Gasteiger partial charge in [-0.2, -0.15) is 0 Å². The number of carbonyl (C=O) groups is 2. The van der Waals surface area contributed by atoms with Crippen molar-refractivity contribution in [1.29, 1.82) is 0 Å². The first kappa shape index (κ1) is 27.6. The number of carbonyl (C=O) groups excluding carboxylic acids is 2. The number of nitrogens with one attached hydrogen (secondary N) is 1. The molecule has 0 heterocycles. The highest BCUT2D eigenvalue weighted by atomic mass is 32.2. The third-order valence-electron chi connectivity index (χ3n) is 4.65. The summed E-state index contributed by atoms with van der Waals surface area (Å²) in [5.74, 6) is 0.947. The fourth-order valence-corrected chi connectivity index (χ4v) is 4.52. The Morgan fingerprint density at radius 2 is 1.18 bits per heavy atom. The van der Waals surface area contributed by atoms with Crippen molar-refractivity contribution in [2.45, 2.75) is 111 Å². The summed E-state index contributed by atoms with van der Waals surface area (Å²) in [6.45, 7) is 7.28. The number of nitrogens with zero attached hydrogens (tertiary/aromatic N) is 1. The molecule has 0 aromatic heterocycles. The van der Waals surface area contributed by atoms with Gasteiger partial charge in [-0.15, -0.1) is 0 Å². The molecule has 2 amide bonds. The fourth-order valence-electron chi connectivity index (χ4n) is 2.84. The summed E-state index contributed by atoms with van der Waals surface area (Å²) in [7, 11) is 0. The number of amides is 2. The maximum Gasteiger partial charge on any atom is 0.322 e. The second-order valence-electron chi connectivity index (χ2n) is 7.41. The lowest BCUT2D eigenvalue weighted by molar-refractivity contribution is -0.141. The van der Waals surface area contributed by atoms with Gasteiger partial charge in [0.05, 0.1) is 0 Å². The van der Waals surface area contributed by atoms with E-state index in [4.69, 9.17) is 0 Å². The van der Waals surface area contributed by atoms with Crippen LogP contribution in [0.3, 0.4) is 0 Å². The topological polar surface area (TPSA) is 49.4 Å². The lowest BCUT2D eigenvalue weighted by atomic mass is 10.1. The van der Waals surface area contributed by atoms with Gasteiger partial charge in [0.2, 0.25) is 0 Å². The van der Waals surface area contributed by atoms with Crippen LogP contribution in [0.5, 0.6) is 0 Å². The highest BCUT2D eigenvalue weighted by molar-refractivity contribution is 7.98. The van der Waals surface area contributed by atoms with E-state index in [1.54, 1.807) is 16.3 Å². The van der Waals surface area contributed by atoms with Crippen molar-refractivity contribution in [2.24, 2.45) is 0 Å². The van der Waals surface area contributed by atoms with Gasteiger partial charge in [-0.3, -0.25) is 18.6 Å². The Morgan fingerprint density at radius 3 is 1.79 bits per heavy atom. The molecule has 1 N–H and O–H groups in total. The first-order valence-electron chi connectivity index (χ1n) is 11.5. The van der Waals surface area contributed by atoms with Gasteiger partial charge < -0.3 is 0 Å². The quantitative estimate of drug-likeness (QED) is 0.139. The Kier molecular flexibility index (Phi) is 21.1. The molecule has 0 atom stereocenters. The van der Waals surface area contributed by atoms with Crippen LogP contribution in [-0.4, -0.2) is 34.2 Å². The van der Waals surface area contributed by atoms with E-state index in [0.29, 0.717) is 6.54 Å². The molecule has 0 aromatic carbocycles. The van der Waals surface area contributed by atoms with Crippen LogP contribution in [0, 0.1) is 0 Å². The average molecular weight is 433 g/mol. The van der Waals surface area contributed by atoms with Crippen LogP contribution in [0.25, 0.3) is 0 Å². The molecule has 0 aliphatic rings. The molecule has 166 valence electrons. The van der Waals surface area contributed by atoms with Gasteiger partial charge in [0.15, 0.2) is 0 Å². The first-order chi connectivity index (χ1) is 13.7. The zero-order valence-electron chi connectivity index (χ0n) is 18.6. The molecular weight excluding hydrogens is 388 g/mol. The molecule has 0 saturated heterocycles. The zero-order chi connectivity index (χ0) is 20.9. The lowest BCUT2D eigenvalue weighted by Crippen LogP contribution is -2.38. The van der Waals surface area contributed by atoms with Gasteiger partial charge in [0, 0.05) is 18.1 Å². The summed E-state index contributed by atoms with van der Waals surface area (Å²) in [6, 6.07) is 0. The van der Waals surface area contributed by atoms with E-state index in [0.717, 1.165) is 37.2 Å². The Bertz CT molecular complexity index is 382. The molecule has 0 saturated carbocycles. The van der Waals surface area contributed by atoms with E-state index < -0.39 is 5.91 Å². The summed E-state index contributed by atoms with van der Waals surface area (Å²) in [4.78, 5) is 24.8. The summed E-state index contributed by atoms with van der Waals surface area (Å²) in [5, 5.41) is 0.